The number of nitrogens with one attached hydrogen (secondary N) is 2. The summed E-state index contributed by atoms with van der Waals surface area (Å²) in [6.07, 6.45) is -1.12. The van der Waals surface area contributed by atoms with Crippen LogP contribution in [0.4, 0.5) is 4.79 Å². The molecule has 0 spiro atoms. The Balaban J connectivity index is 2.47. The van der Waals surface area contributed by atoms with Gasteiger partial charge in [-0.1, -0.05) is 30.3 Å². The monoisotopic (exact) mass is 408 g/mol. The minimum atomic E-state index is -1.30. The molecule has 160 valence electrons. The second-order valence-electron chi connectivity index (χ2n) is 7.45. The molecule has 0 unspecified atom stereocenters. The van der Waals surface area contributed by atoms with Gasteiger partial charge in [-0.05, 0) is 39.7 Å². The van der Waals surface area contributed by atoms with Crippen LogP contribution in [-0.4, -0.2) is 46.7 Å². The number of ether oxygens (including phenoxy) is 2. The summed E-state index contributed by atoms with van der Waals surface area (Å²) in [5, 5.41) is 13.9. The molecule has 9 nitrogen and oxygen atoms in total. The van der Waals surface area contributed by atoms with Crippen molar-refractivity contribution in [2.75, 3.05) is 0 Å². The second-order valence-corrected chi connectivity index (χ2v) is 7.45. The fraction of sp³-hybridized carbons (Fsp3) is 0.500. The van der Waals surface area contributed by atoms with E-state index in [0.717, 1.165) is 5.56 Å². The average molecular weight is 408 g/mol. The zero-order chi connectivity index (χ0) is 22.0. The summed E-state index contributed by atoms with van der Waals surface area (Å²) in [4.78, 5) is 47.1. The number of carboxylic acids is 1. The van der Waals surface area contributed by atoms with Crippen LogP contribution in [0.2, 0.25) is 0 Å². The molecule has 1 aromatic rings. The number of aliphatic carboxylic acids is 1. The lowest BCUT2D eigenvalue weighted by Crippen LogP contribution is -2.51. The number of carbonyl (C=O) groups excluding carboxylic acids is 3. The van der Waals surface area contributed by atoms with Crippen molar-refractivity contribution >= 4 is 23.9 Å². The zero-order valence-electron chi connectivity index (χ0n) is 17.1. The van der Waals surface area contributed by atoms with E-state index >= 15 is 0 Å². The van der Waals surface area contributed by atoms with Crippen LogP contribution in [0, 0.1) is 0 Å². The Morgan fingerprint density at radius 1 is 1.07 bits per heavy atom. The Morgan fingerprint density at radius 2 is 1.69 bits per heavy atom. The van der Waals surface area contributed by atoms with Crippen LogP contribution in [0.15, 0.2) is 30.3 Å². The molecule has 0 aliphatic carbocycles. The summed E-state index contributed by atoms with van der Waals surface area (Å²) in [5.74, 6) is -2.58. The number of amides is 2. The Hall–Kier alpha value is -3.10. The highest BCUT2D eigenvalue weighted by atomic mass is 16.6. The van der Waals surface area contributed by atoms with Crippen molar-refractivity contribution in [2.24, 2.45) is 0 Å². The first kappa shape index (κ1) is 23.9. The maximum atomic E-state index is 12.2. The summed E-state index contributed by atoms with van der Waals surface area (Å²) in [7, 11) is 0. The van der Waals surface area contributed by atoms with E-state index in [4.69, 9.17) is 9.47 Å². The van der Waals surface area contributed by atoms with Crippen molar-refractivity contribution < 1.29 is 33.8 Å². The molecule has 0 heterocycles. The van der Waals surface area contributed by atoms with Crippen LogP contribution in [-0.2, 0) is 30.5 Å². The zero-order valence-corrected chi connectivity index (χ0v) is 17.1. The van der Waals surface area contributed by atoms with Crippen molar-refractivity contribution in [1.82, 2.24) is 10.6 Å². The van der Waals surface area contributed by atoms with Gasteiger partial charge < -0.3 is 25.2 Å². The van der Waals surface area contributed by atoms with Gasteiger partial charge in [0.1, 0.15) is 24.3 Å². The van der Waals surface area contributed by atoms with Crippen molar-refractivity contribution in [3.8, 4) is 0 Å². The quantitative estimate of drug-likeness (QED) is 0.533. The summed E-state index contributed by atoms with van der Waals surface area (Å²) >= 11 is 0. The molecule has 9 heteroatoms. The highest BCUT2D eigenvalue weighted by Crippen LogP contribution is 2.07. The highest BCUT2D eigenvalue weighted by molar-refractivity contribution is 5.89. The van der Waals surface area contributed by atoms with Gasteiger partial charge >= 0.3 is 18.0 Å². The smallest absolute Gasteiger partial charge is 0.408 e. The van der Waals surface area contributed by atoms with Crippen molar-refractivity contribution in [3.05, 3.63) is 35.9 Å². The average Bonchev–Trinajstić information content (AvgIpc) is 2.62. The van der Waals surface area contributed by atoms with Crippen LogP contribution < -0.4 is 10.6 Å². The Bertz CT molecular complexity index is 713. The molecule has 1 aromatic carbocycles. The van der Waals surface area contributed by atoms with E-state index in [1.54, 1.807) is 32.9 Å². The molecule has 0 saturated carbocycles. The number of hydrogen-bond acceptors (Lipinski definition) is 6. The Morgan fingerprint density at radius 3 is 2.24 bits per heavy atom. The van der Waals surface area contributed by atoms with Gasteiger partial charge in [-0.25, -0.2) is 9.59 Å². The van der Waals surface area contributed by atoms with Gasteiger partial charge in [-0.15, -0.1) is 0 Å². The van der Waals surface area contributed by atoms with Crippen molar-refractivity contribution in [2.45, 2.75) is 64.8 Å². The highest BCUT2D eigenvalue weighted by Gasteiger charge is 2.26. The van der Waals surface area contributed by atoms with E-state index < -0.39 is 41.6 Å². The number of carboxylic acid groups (broad SMARTS) is 1. The van der Waals surface area contributed by atoms with E-state index in [2.05, 4.69) is 10.6 Å². The van der Waals surface area contributed by atoms with Gasteiger partial charge in [0.25, 0.3) is 0 Å². The SMILES string of the molecule is C[C@H](NC(=O)OC(C)(C)C)C(=O)N[C@@H](CCC(=O)OCc1ccccc1)C(=O)O. The van der Waals surface area contributed by atoms with Gasteiger partial charge in [0.2, 0.25) is 5.91 Å². The third kappa shape index (κ3) is 10.1. The minimum Gasteiger partial charge on any atom is -0.480 e. The summed E-state index contributed by atoms with van der Waals surface area (Å²) in [6.45, 7) is 6.50. The van der Waals surface area contributed by atoms with Crippen LogP contribution in [0.1, 0.15) is 46.1 Å². The van der Waals surface area contributed by atoms with Gasteiger partial charge in [0, 0.05) is 6.42 Å². The standard InChI is InChI=1S/C20H28N2O7/c1-13(21-19(27)29-20(2,3)4)17(24)22-15(18(25)26)10-11-16(23)28-12-14-8-6-5-7-9-14/h5-9,13,15H,10-12H2,1-4H3,(H,21,27)(H,22,24)(H,25,26)/t13-,15-/m0/s1. The maximum absolute atomic E-state index is 12.2. The van der Waals surface area contributed by atoms with Gasteiger partial charge in [-0.2, -0.15) is 0 Å². The number of benzene rings is 1. The van der Waals surface area contributed by atoms with Crippen molar-refractivity contribution in [1.29, 1.82) is 0 Å². The lowest BCUT2D eigenvalue weighted by Gasteiger charge is -2.22. The third-order valence-electron chi connectivity index (χ3n) is 3.62. The summed E-state index contributed by atoms with van der Waals surface area (Å²) in [5.41, 5.74) is 0.0789. The third-order valence-corrected chi connectivity index (χ3v) is 3.62. The molecule has 29 heavy (non-hydrogen) atoms. The van der Waals surface area contributed by atoms with E-state index in [1.807, 2.05) is 18.2 Å². The normalized spacial score (nSPS) is 13.0. The molecular weight excluding hydrogens is 380 g/mol. The Labute approximate surface area is 169 Å². The maximum Gasteiger partial charge on any atom is 0.408 e. The predicted octanol–water partition coefficient (Wildman–Crippen LogP) is 1.99. The Kier molecular flexibility index (Phi) is 9.11. The van der Waals surface area contributed by atoms with Crippen molar-refractivity contribution in [3.63, 3.8) is 0 Å². The molecular formula is C20H28N2O7. The van der Waals surface area contributed by atoms with Crippen LogP contribution in [0.5, 0.6) is 0 Å². The molecule has 0 bridgehead atoms. The molecule has 0 aliphatic rings. The summed E-state index contributed by atoms with van der Waals surface area (Å²) in [6, 6.07) is 6.74. The summed E-state index contributed by atoms with van der Waals surface area (Å²) < 4.78 is 10.1. The number of alkyl carbamates (subject to hydrolysis) is 1. The first-order valence-electron chi connectivity index (χ1n) is 9.20. The molecule has 3 N–H and O–H groups in total. The fourth-order valence-corrected chi connectivity index (χ4v) is 2.18. The van der Waals surface area contributed by atoms with Gasteiger partial charge in [0.05, 0.1) is 0 Å². The van der Waals surface area contributed by atoms with Gasteiger partial charge in [-0.3, -0.25) is 9.59 Å². The minimum absolute atomic E-state index is 0.0839. The molecule has 0 aliphatic heterocycles. The lowest BCUT2D eigenvalue weighted by molar-refractivity contribution is -0.146. The topological polar surface area (TPSA) is 131 Å². The second kappa shape index (κ2) is 11.0. The van der Waals surface area contributed by atoms with Crippen LogP contribution in [0.3, 0.4) is 0 Å². The van der Waals surface area contributed by atoms with Gasteiger partial charge in [0.15, 0.2) is 0 Å². The van der Waals surface area contributed by atoms with E-state index in [1.165, 1.54) is 6.92 Å². The largest absolute Gasteiger partial charge is 0.480 e. The fourth-order valence-electron chi connectivity index (χ4n) is 2.18. The molecule has 0 fully saturated rings. The molecule has 0 saturated heterocycles. The molecule has 0 aromatic heterocycles. The number of esters is 1. The predicted molar refractivity (Wildman–Crippen MR) is 104 cm³/mol. The molecule has 2 amide bonds. The lowest BCUT2D eigenvalue weighted by atomic mass is 10.1. The van der Waals surface area contributed by atoms with E-state index in [-0.39, 0.29) is 19.4 Å². The van der Waals surface area contributed by atoms with E-state index in [9.17, 15) is 24.3 Å². The molecule has 0 radical (unpaired) electrons. The molecule has 2 atom stereocenters. The number of hydrogen-bond donors (Lipinski definition) is 3. The van der Waals surface area contributed by atoms with Crippen LogP contribution >= 0.6 is 0 Å². The number of carbonyl (C=O) groups is 4. The van der Waals surface area contributed by atoms with Crippen LogP contribution in [0.25, 0.3) is 0 Å². The number of rotatable bonds is 9. The first-order chi connectivity index (χ1) is 13.5. The van der Waals surface area contributed by atoms with E-state index in [0.29, 0.717) is 0 Å². The molecule has 1 rings (SSSR count). The first-order valence-corrected chi connectivity index (χ1v) is 9.20.